The van der Waals surface area contributed by atoms with Gasteiger partial charge in [-0.25, -0.2) is 0 Å². The lowest BCUT2D eigenvalue weighted by Crippen LogP contribution is -2.09. The number of para-hydroxylation sites is 1. The number of nitriles is 2. The minimum Gasteiger partial charge on any atom is -0.497 e. The third-order valence-electron chi connectivity index (χ3n) is 5.84. The first-order valence-electron chi connectivity index (χ1n) is 12.9. The second-order valence-electron chi connectivity index (χ2n) is 9.77. The number of hydrogen-bond acceptors (Lipinski definition) is 8. The van der Waals surface area contributed by atoms with Crippen molar-refractivity contribution in [3.8, 4) is 29.4 Å². The van der Waals surface area contributed by atoms with E-state index < -0.39 is 0 Å². The number of benzene rings is 3. The van der Waals surface area contributed by atoms with E-state index in [9.17, 15) is 10.5 Å². The monoisotopic (exact) mass is 561 g/mol. The number of anilines is 1. The average Bonchev–Trinajstić information content (AvgIpc) is 2.91. The molecule has 0 aliphatic carbocycles. The van der Waals surface area contributed by atoms with Gasteiger partial charge in [0.05, 0.1) is 30.1 Å². The molecule has 0 aliphatic heterocycles. The highest BCUT2D eigenvalue weighted by Gasteiger charge is 2.29. The molecule has 0 aliphatic rings. The maximum atomic E-state index is 10.3. The van der Waals surface area contributed by atoms with Gasteiger partial charge >= 0.3 is 0 Å². The Morgan fingerprint density at radius 2 is 1.28 bits per heavy atom. The summed E-state index contributed by atoms with van der Waals surface area (Å²) in [5.74, 6) is 2.35. The molecule has 204 valence electrons. The largest absolute Gasteiger partial charge is 0.497 e. The molecular formula is C31H35N3O3S2. The van der Waals surface area contributed by atoms with Crippen LogP contribution in [0.2, 0.25) is 0 Å². The van der Waals surface area contributed by atoms with E-state index >= 15 is 0 Å². The fourth-order valence-corrected chi connectivity index (χ4v) is 5.76. The molecule has 3 aromatic rings. The summed E-state index contributed by atoms with van der Waals surface area (Å²) in [6.07, 6.45) is 1.61. The highest BCUT2D eigenvalue weighted by atomic mass is 32.2. The predicted molar refractivity (Wildman–Crippen MR) is 158 cm³/mol. The van der Waals surface area contributed by atoms with Crippen LogP contribution in [0.4, 0.5) is 5.69 Å². The second-order valence-corrected chi connectivity index (χ2v) is 11.9. The molecule has 0 unspecified atom stereocenters. The van der Waals surface area contributed by atoms with Gasteiger partial charge in [-0.3, -0.25) is 0 Å². The summed E-state index contributed by atoms with van der Waals surface area (Å²) in [7, 11) is 1.63. The number of methoxy groups -OCH3 is 1. The average molecular weight is 562 g/mol. The van der Waals surface area contributed by atoms with Gasteiger partial charge < -0.3 is 19.9 Å². The fraction of sp³-hybridized carbons (Fsp3) is 0.355. The predicted octanol–water partition coefficient (Wildman–Crippen LogP) is 8.17. The third-order valence-corrected chi connectivity index (χ3v) is 8.26. The lowest BCUT2D eigenvalue weighted by Gasteiger charge is -2.22. The van der Waals surface area contributed by atoms with Crippen molar-refractivity contribution in [2.24, 2.45) is 11.8 Å². The van der Waals surface area contributed by atoms with E-state index in [4.69, 9.17) is 19.9 Å². The molecule has 2 N–H and O–H groups in total. The second kappa shape index (κ2) is 14.6. The minimum atomic E-state index is 0.178. The summed E-state index contributed by atoms with van der Waals surface area (Å²) < 4.78 is 18.0. The van der Waals surface area contributed by atoms with Crippen molar-refractivity contribution in [1.82, 2.24) is 0 Å². The Balaban J connectivity index is 2.28. The van der Waals surface area contributed by atoms with Crippen LogP contribution in [0.3, 0.4) is 0 Å². The molecule has 0 spiro atoms. The Morgan fingerprint density at radius 3 is 1.74 bits per heavy atom. The summed E-state index contributed by atoms with van der Waals surface area (Å²) in [5, 5.41) is 20.5. The first-order chi connectivity index (χ1) is 18.8. The van der Waals surface area contributed by atoms with Crippen LogP contribution < -0.4 is 19.9 Å². The standard InChI is InChI=1S/C31H35N3O3S2/c1-20(2)14-16-36-28-24(18-32)25(19-33)29(37-17-15-21(3)4)31(39-27-9-7-6-8-26(27)34)30(28)38-23-12-10-22(35-5)11-13-23/h6-13,20-21H,14-17,34H2,1-5H3. The van der Waals surface area contributed by atoms with Gasteiger partial charge in [-0.15, -0.1) is 0 Å². The summed E-state index contributed by atoms with van der Waals surface area (Å²) >= 11 is 2.88. The SMILES string of the molecule is COc1ccc(Sc2c(OCCC(C)C)c(C#N)c(C#N)c(OCCC(C)C)c2Sc2ccccc2N)cc1. The van der Waals surface area contributed by atoms with Crippen LogP contribution >= 0.6 is 23.5 Å². The quantitative estimate of drug-likeness (QED) is 0.209. The van der Waals surface area contributed by atoms with Gasteiger partial charge in [-0.05, 0) is 61.1 Å². The van der Waals surface area contributed by atoms with E-state index in [1.807, 2.05) is 48.5 Å². The lowest BCUT2D eigenvalue weighted by atomic mass is 10.1. The van der Waals surface area contributed by atoms with Crippen molar-refractivity contribution < 1.29 is 14.2 Å². The first kappa shape index (κ1) is 30.1. The van der Waals surface area contributed by atoms with Gasteiger partial charge in [0.15, 0.2) is 11.5 Å². The Labute approximate surface area is 240 Å². The van der Waals surface area contributed by atoms with Gasteiger partial charge in [0.2, 0.25) is 0 Å². The molecule has 0 saturated heterocycles. The van der Waals surface area contributed by atoms with E-state index in [1.54, 1.807) is 7.11 Å². The number of rotatable bonds is 13. The highest BCUT2D eigenvalue weighted by Crippen LogP contribution is 2.53. The normalized spacial score (nSPS) is 10.8. The zero-order chi connectivity index (χ0) is 28.4. The van der Waals surface area contributed by atoms with Crippen molar-refractivity contribution in [3.05, 3.63) is 59.7 Å². The molecule has 39 heavy (non-hydrogen) atoms. The molecule has 0 amide bonds. The smallest absolute Gasteiger partial charge is 0.153 e. The van der Waals surface area contributed by atoms with Gasteiger partial charge in [0, 0.05) is 15.5 Å². The zero-order valence-corrected chi connectivity index (χ0v) is 24.7. The number of hydrogen-bond donors (Lipinski definition) is 1. The van der Waals surface area contributed by atoms with E-state index in [0.717, 1.165) is 28.4 Å². The fourth-order valence-electron chi connectivity index (χ4n) is 3.57. The van der Waals surface area contributed by atoms with Crippen LogP contribution in [0.15, 0.2) is 68.1 Å². The third kappa shape index (κ3) is 8.02. The first-order valence-corrected chi connectivity index (χ1v) is 14.6. The summed E-state index contributed by atoms with van der Waals surface area (Å²) in [5.41, 5.74) is 7.31. The van der Waals surface area contributed by atoms with Crippen LogP contribution in [-0.2, 0) is 0 Å². The van der Waals surface area contributed by atoms with E-state index in [0.29, 0.717) is 52.0 Å². The number of ether oxygens (including phenoxy) is 3. The molecule has 0 saturated carbocycles. The van der Waals surface area contributed by atoms with Crippen molar-refractivity contribution >= 4 is 29.2 Å². The molecular weight excluding hydrogens is 526 g/mol. The number of nitrogens with two attached hydrogens (primary N) is 1. The number of nitrogens with zero attached hydrogens (tertiary/aromatic N) is 2. The molecule has 3 rings (SSSR count). The molecule has 0 radical (unpaired) electrons. The zero-order valence-electron chi connectivity index (χ0n) is 23.1. The van der Waals surface area contributed by atoms with Crippen LogP contribution in [0.25, 0.3) is 0 Å². The van der Waals surface area contributed by atoms with Crippen LogP contribution in [0.1, 0.15) is 51.7 Å². The minimum absolute atomic E-state index is 0.178. The van der Waals surface area contributed by atoms with Gasteiger partial charge in [-0.1, -0.05) is 63.4 Å². The molecule has 0 aromatic heterocycles. The number of nitrogen functional groups attached to an aromatic ring is 1. The van der Waals surface area contributed by atoms with Crippen molar-refractivity contribution in [2.45, 2.75) is 60.1 Å². The lowest BCUT2D eigenvalue weighted by molar-refractivity contribution is 0.269. The van der Waals surface area contributed by atoms with Crippen molar-refractivity contribution in [1.29, 1.82) is 10.5 Å². The van der Waals surface area contributed by atoms with Crippen molar-refractivity contribution in [2.75, 3.05) is 26.1 Å². The summed E-state index contributed by atoms with van der Waals surface area (Å²) in [6.45, 7) is 9.30. The molecule has 0 bridgehead atoms. The van der Waals surface area contributed by atoms with Crippen LogP contribution in [0.5, 0.6) is 17.2 Å². The molecule has 3 aromatic carbocycles. The maximum Gasteiger partial charge on any atom is 0.153 e. The molecule has 0 heterocycles. The summed E-state index contributed by atoms with van der Waals surface area (Å²) in [6, 6.07) is 19.7. The Bertz CT molecular complexity index is 1340. The van der Waals surface area contributed by atoms with Gasteiger partial charge in [0.1, 0.15) is 29.0 Å². The van der Waals surface area contributed by atoms with Gasteiger partial charge in [0.25, 0.3) is 0 Å². The topological polar surface area (TPSA) is 101 Å². The molecule has 0 atom stereocenters. The highest BCUT2D eigenvalue weighted by molar-refractivity contribution is 8.02. The Kier molecular flexibility index (Phi) is 11.3. The van der Waals surface area contributed by atoms with E-state index in [-0.39, 0.29) is 11.1 Å². The Morgan fingerprint density at radius 1 is 0.769 bits per heavy atom. The van der Waals surface area contributed by atoms with Crippen LogP contribution in [0, 0.1) is 34.5 Å². The molecule has 8 heteroatoms. The molecule has 0 fully saturated rings. The maximum absolute atomic E-state index is 10.3. The van der Waals surface area contributed by atoms with Crippen LogP contribution in [-0.4, -0.2) is 20.3 Å². The summed E-state index contributed by atoms with van der Waals surface area (Å²) in [4.78, 5) is 3.17. The Hall–Kier alpha value is -3.46. The van der Waals surface area contributed by atoms with E-state index in [2.05, 4.69) is 39.8 Å². The van der Waals surface area contributed by atoms with Gasteiger partial charge in [-0.2, -0.15) is 10.5 Å². The molecule has 6 nitrogen and oxygen atoms in total. The van der Waals surface area contributed by atoms with E-state index in [1.165, 1.54) is 23.5 Å². The van der Waals surface area contributed by atoms with Crippen molar-refractivity contribution in [3.63, 3.8) is 0 Å².